The summed E-state index contributed by atoms with van der Waals surface area (Å²) in [5.74, 6) is -1.34. The third-order valence-electron chi connectivity index (χ3n) is 4.66. The van der Waals surface area contributed by atoms with Gasteiger partial charge in [-0.25, -0.2) is 13.9 Å². The molecule has 1 aromatic heterocycles. The van der Waals surface area contributed by atoms with E-state index in [0.29, 0.717) is 16.4 Å². The number of nitrogens with one attached hydrogen (secondary N) is 2. The van der Waals surface area contributed by atoms with Gasteiger partial charge in [-0.1, -0.05) is 12.1 Å². The average Bonchev–Trinajstić information content (AvgIpc) is 3.27. The molecule has 34 heavy (non-hydrogen) atoms. The minimum absolute atomic E-state index is 0.0247. The molecule has 10 heteroatoms. The maximum atomic E-state index is 13.0. The summed E-state index contributed by atoms with van der Waals surface area (Å²) in [7, 11) is 0. The summed E-state index contributed by atoms with van der Waals surface area (Å²) in [6.07, 6.45) is 0.522. The van der Waals surface area contributed by atoms with Crippen molar-refractivity contribution in [1.29, 1.82) is 0 Å². The van der Waals surface area contributed by atoms with Gasteiger partial charge in [0.05, 0.1) is 17.5 Å². The van der Waals surface area contributed by atoms with E-state index in [9.17, 15) is 18.8 Å². The molecule has 0 saturated carbocycles. The van der Waals surface area contributed by atoms with Gasteiger partial charge >= 0.3 is 5.97 Å². The molecule has 0 aliphatic carbocycles. The number of amides is 2. The predicted molar refractivity (Wildman–Crippen MR) is 128 cm³/mol. The van der Waals surface area contributed by atoms with E-state index in [1.165, 1.54) is 31.2 Å². The molecule has 8 nitrogen and oxygen atoms in total. The van der Waals surface area contributed by atoms with Gasteiger partial charge in [-0.05, 0) is 57.2 Å². The SMILES string of the molecule is CC(C)n1nccc1NC(=O)[C@H](C)OC(=O)c1ccccc1SCC(=O)Nc1ccc(F)cc1. The van der Waals surface area contributed by atoms with E-state index in [-0.39, 0.29) is 23.3 Å². The van der Waals surface area contributed by atoms with E-state index >= 15 is 0 Å². The Hall–Kier alpha value is -3.66. The normalized spacial score (nSPS) is 11.7. The summed E-state index contributed by atoms with van der Waals surface area (Å²) in [6.45, 7) is 5.34. The number of aromatic nitrogens is 2. The zero-order chi connectivity index (χ0) is 24.7. The quantitative estimate of drug-likeness (QED) is 0.342. The Balaban J connectivity index is 1.58. The molecule has 0 bridgehead atoms. The van der Waals surface area contributed by atoms with Crippen LogP contribution in [-0.2, 0) is 14.3 Å². The Bertz CT molecular complexity index is 1160. The second kappa shape index (κ2) is 11.5. The van der Waals surface area contributed by atoms with Crippen LogP contribution in [0.1, 0.15) is 37.2 Å². The minimum Gasteiger partial charge on any atom is -0.449 e. The second-order valence-electron chi connectivity index (χ2n) is 7.63. The van der Waals surface area contributed by atoms with Crippen molar-refractivity contribution >= 4 is 41.1 Å². The van der Waals surface area contributed by atoms with Crippen LogP contribution >= 0.6 is 11.8 Å². The highest BCUT2D eigenvalue weighted by atomic mass is 32.2. The van der Waals surface area contributed by atoms with Crippen molar-refractivity contribution in [2.75, 3.05) is 16.4 Å². The van der Waals surface area contributed by atoms with E-state index in [0.717, 1.165) is 11.8 Å². The molecule has 178 valence electrons. The highest BCUT2D eigenvalue weighted by Gasteiger charge is 2.22. The lowest BCUT2D eigenvalue weighted by molar-refractivity contribution is -0.123. The van der Waals surface area contributed by atoms with Gasteiger partial charge in [0.2, 0.25) is 5.91 Å². The summed E-state index contributed by atoms with van der Waals surface area (Å²) in [5, 5.41) is 9.53. The van der Waals surface area contributed by atoms with Gasteiger partial charge in [-0.3, -0.25) is 9.59 Å². The number of ether oxygens (including phenoxy) is 1. The predicted octanol–water partition coefficient (Wildman–Crippen LogP) is 4.52. The molecule has 0 radical (unpaired) electrons. The van der Waals surface area contributed by atoms with E-state index in [1.807, 2.05) is 13.8 Å². The van der Waals surface area contributed by atoms with Crippen LogP contribution < -0.4 is 10.6 Å². The van der Waals surface area contributed by atoms with Crippen molar-refractivity contribution < 1.29 is 23.5 Å². The number of anilines is 2. The van der Waals surface area contributed by atoms with Crippen molar-refractivity contribution in [1.82, 2.24) is 9.78 Å². The largest absolute Gasteiger partial charge is 0.449 e. The lowest BCUT2D eigenvalue weighted by Gasteiger charge is -2.16. The minimum atomic E-state index is -1.05. The molecule has 1 atom stereocenters. The Labute approximate surface area is 200 Å². The number of esters is 1. The highest BCUT2D eigenvalue weighted by Crippen LogP contribution is 2.24. The number of nitrogens with zero attached hydrogens (tertiary/aromatic N) is 2. The first-order valence-corrected chi connectivity index (χ1v) is 11.6. The standard InChI is InChI=1S/C24H25FN4O4S/c1-15(2)29-21(12-13-26-29)28-23(31)16(3)33-24(32)19-6-4-5-7-20(19)34-14-22(30)27-18-10-8-17(25)9-11-18/h4-13,15-16H,14H2,1-3H3,(H,27,30)(H,28,31)/t16-/m0/s1. The van der Waals surface area contributed by atoms with Crippen molar-refractivity contribution in [2.24, 2.45) is 0 Å². The van der Waals surface area contributed by atoms with Gasteiger partial charge < -0.3 is 15.4 Å². The van der Waals surface area contributed by atoms with Crippen molar-refractivity contribution in [3.63, 3.8) is 0 Å². The van der Waals surface area contributed by atoms with Crippen LogP contribution in [0.3, 0.4) is 0 Å². The van der Waals surface area contributed by atoms with Crippen LogP contribution in [0.15, 0.2) is 65.7 Å². The molecule has 2 N–H and O–H groups in total. The number of carbonyl (C=O) groups excluding carboxylic acids is 3. The Morgan fingerprint density at radius 2 is 1.74 bits per heavy atom. The Morgan fingerprint density at radius 3 is 2.44 bits per heavy atom. The van der Waals surface area contributed by atoms with Crippen LogP contribution in [0.25, 0.3) is 0 Å². The fourth-order valence-corrected chi connectivity index (χ4v) is 3.81. The molecule has 0 saturated heterocycles. The van der Waals surface area contributed by atoms with E-state index < -0.39 is 23.8 Å². The van der Waals surface area contributed by atoms with Gasteiger partial charge in [-0.2, -0.15) is 5.10 Å². The van der Waals surface area contributed by atoms with Crippen LogP contribution in [0.5, 0.6) is 0 Å². The van der Waals surface area contributed by atoms with Gasteiger partial charge in [0.1, 0.15) is 11.6 Å². The molecule has 0 aliphatic heterocycles. The van der Waals surface area contributed by atoms with Crippen molar-refractivity contribution in [2.45, 2.75) is 37.8 Å². The Morgan fingerprint density at radius 1 is 1.03 bits per heavy atom. The van der Waals surface area contributed by atoms with Gasteiger partial charge in [-0.15, -0.1) is 11.8 Å². The van der Waals surface area contributed by atoms with Gasteiger partial charge in [0, 0.05) is 22.7 Å². The number of carbonyl (C=O) groups is 3. The first kappa shape index (κ1) is 25.0. The third-order valence-corrected chi connectivity index (χ3v) is 5.73. The van der Waals surface area contributed by atoms with Crippen LogP contribution in [0, 0.1) is 5.82 Å². The van der Waals surface area contributed by atoms with Crippen molar-refractivity contribution in [3.05, 3.63) is 72.2 Å². The fraction of sp³-hybridized carbons (Fsp3) is 0.250. The van der Waals surface area contributed by atoms with Crippen LogP contribution in [0.4, 0.5) is 15.9 Å². The zero-order valence-electron chi connectivity index (χ0n) is 18.9. The highest BCUT2D eigenvalue weighted by molar-refractivity contribution is 8.00. The molecule has 2 amide bonds. The summed E-state index contributed by atoms with van der Waals surface area (Å²) in [5.41, 5.74) is 0.715. The number of hydrogen-bond donors (Lipinski definition) is 2. The van der Waals surface area contributed by atoms with Gasteiger partial charge in [0.25, 0.3) is 5.91 Å². The van der Waals surface area contributed by atoms with Crippen molar-refractivity contribution in [3.8, 4) is 0 Å². The molecule has 3 rings (SSSR count). The summed E-state index contributed by atoms with van der Waals surface area (Å²) < 4.78 is 20.0. The summed E-state index contributed by atoms with van der Waals surface area (Å²) >= 11 is 1.15. The number of thioether (sulfide) groups is 1. The van der Waals surface area contributed by atoms with E-state index in [1.54, 1.807) is 41.2 Å². The average molecular weight is 485 g/mol. The Kier molecular flexibility index (Phi) is 8.42. The van der Waals surface area contributed by atoms with Crippen LogP contribution in [0.2, 0.25) is 0 Å². The number of hydrogen-bond acceptors (Lipinski definition) is 6. The van der Waals surface area contributed by atoms with E-state index in [4.69, 9.17) is 4.74 Å². The molecule has 0 unspecified atom stereocenters. The van der Waals surface area contributed by atoms with Crippen LogP contribution in [-0.4, -0.2) is 39.4 Å². The first-order chi connectivity index (χ1) is 16.2. The summed E-state index contributed by atoms with van der Waals surface area (Å²) in [6, 6.07) is 13.8. The zero-order valence-corrected chi connectivity index (χ0v) is 19.8. The topological polar surface area (TPSA) is 102 Å². The first-order valence-electron chi connectivity index (χ1n) is 10.6. The molecular weight excluding hydrogens is 459 g/mol. The fourth-order valence-electron chi connectivity index (χ4n) is 2.96. The second-order valence-corrected chi connectivity index (χ2v) is 8.65. The molecule has 0 spiro atoms. The maximum absolute atomic E-state index is 13.0. The monoisotopic (exact) mass is 484 g/mol. The lowest BCUT2D eigenvalue weighted by atomic mass is 10.2. The number of halogens is 1. The molecule has 0 fully saturated rings. The molecular formula is C24H25FN4O4S. The molecule has 1 heterocycles. The molecule has 0 aliphatic rings. The smallest absolute Gasteiger partial charge is 0.340 e. The number of benzene rings is 2. The molecule has 3 aromatic rings. The number of rotatable bonds is 9. The maximum Gasteiger partial charge on any atom is 0.340 e. The van der Waals surface area contributed by atoms with Gasteiger partial charge in [0.15, 0.2) is 6.10 Å². The van der Waals surface area contributed by atoms with E-state index in [2.05, 4.69) is 15.7 Å². The third kappa shape index (κ3) is 6.67. The molecule has 2 aromatic carbocycles. The lowest BCUT2D eigenvalue weighted by Crippen LogP contribution is -2.31. The summed E-state index contributed by atoms with van der Waals surface area (Å²) in [4.78, 5) is 38.1.